The van der Waals surface area contributed by atoms with Gasteiger partial charge in [-0.25, -0.2) is 0 Å². The lowest BCUT2D eigenvalue weighted by atomic mass is 10.0. The van der Waals surface area contributed by atoms with Crippen LogP contribution in [0.25, 0.3) is 0 Å². The summed E-state index contributed by atoms with van der Waals surface area (Å²) in [5.74, 6) is 1.03. The third kappa shape index (κ3) is 2.92. The van der Waals surface area contributed by atoms with E-state index in [0.29, 0.717) is 6.54 Å². The fourth-order valence-electron chi connectivity index (χ4n) is 1.51. The second-order valence-corrected chi connectivity index (χ2v) is 3.93. The van der Waals surface area contributed by atoms with Gasteiger partial charge in [0.2, 0.25) is 5.91 Å². The van der Waals surface area contributed by atoms with Gasteiger partial charge in [0.15, 0.2) is 0 Å². The molecule has 0 aliphatic heterocycles. The van der Waals surface area contributed by atoms with Crippen LogP contribution in [0.1, 0.15) is 16.7 Å². The summed E-state index contributed by atoms with van der Waals surface area (Å²) in [5.41, 5.74) is 3.37. The summed E-state index contributed by atoms with van der Waals surface area (Å²) in [7, 11) is 1.66. The Morgan fingerprint density at radius 3 is 2.62 bits per heavy atom. The Labute approximate surface area is 102 Å². The first kappa shape index (κ1) is 12.9. The maximum Gasteiger partial charge on any atom is 0.229 e. The zero-order valence-electron chi connectivity index (χ0n) is 9.83. The maximum absolute atomic E-state index is 11.1. The SMILES string of the molecule is COc1ccc(CNC(=O)CS)c(C)c1C. The van der Waals surface area contributed by atoms with Crippen molar-refractivity contribution in [1.82, 2.24) is 5.32 Å². The van der Waals surface area contributed by atoms with Crippen LogP contribution in [0.5, 0.6) is 5.75 Å². The zero-order chi connectivity index (χ0) is 12.1. The molecule has 4 heteroatoms. The molecule has 0 fully saturated rings. The predicted molar refractivity (Wildman–Crippen MR) is 68.2 cm³/mol. The first-order valence-corrected chi connectivity index (χ1v) is 5.74. The van der Waals surface area contributed by atoms with E-state index in [1.54, 1.807) is 7.11 Å². The van der Waals surface area contributed by atoms with Crippen LogP contribution in [0.3, 0.4) is 0 Å². The Balaban J connectivity index is 2.82. The molecule has 0 atom stereocenters. The number of ether oxygens (including phenoxy) is 1. The highest BCUT2D eigenvalue weighted by Gasteiger charge is 2.07. The van der Waals surface area contributed by atoms with E-state index < -0.39 is 0 Å². The molecule has 0 aromatic heterocycles. The Morgan fingerprint density at radius 2 is 2.06 bits per heavy atom. The Hall–Kier alpha value is -1.16. The van der Waals surface area contributed by atoms with E-state index in [9.17, 15) is 4.79 Å². The van der Waals surface area contributed by atoms with Crippen LogP contribution in [-0.2, 0) is 11.3 Å². The average Bonchev–Trinajstić information content (AvgIpc) is 2.30. The number of hydrogen-bond donors (Lipinski definition) is 2. The Bertz CT molecular complexity index is 391. The van der Waals surface area contributed by atoms with Crippen molar-refractivity contribution in [3.63, 3.8) is 0 Å². The summed E-state index contributed by atoms with van der Waals surface area (Å²) in [5, 5.41) is 2.80. The molecule has 0 heterocycles. The summed E-state index contributed by atoms with van der Waals surface area (Å²) in [4.78, 5) is 11.1. The molecule has 1 aromatic rings. The van der Waals surface area contributed by atoms with E-state index in [-0.39, 0.29) is 11.7 Å². The van der Waals surface area contributed by atoms with Gasteiger partial charge in [0, 0.05) is 6.54 Å². The quantitative estimate of drug-likeness (QED) is 0.787. The molecule has 3 nitrogen and oxygen atoms in total. The lowest BCUT2D eigenvalue weighted by Crippen LogP contribution is -2.24. The number of hydrogen-bond acceptors (Lipinski definition) is 3. The first-order chi connectivity index (χ1) is 7.60. The highest BCUT2D eigenvalue weighted by Crippen LogP contribution is 2.23. The molecule has 1 amide bonds. The van der Waals surface area contributed by atoms with Crippen LogP contribution in [0.15, 0.2) is 12.1 Å². The van der Waals surface area contributed by atoms with Gasteiger partial charge in [-0.2, -0.15) is 12.6 Å². The van der Waals surface area contributed by atoms with Crippen molar-refractivity contribution in [2.24, 2.45) is 0 Å². The Kier molecular flexibility index (Phi) is 4.68. The van der Waals surface area contributed by atoms with Gasteiger partial charge in [0.1, 0.15) is 5.75 Å². The van der Waals surface area contributed by atoms with Crippen LogP contribution >= 0.6 is 12.6 Å². The van der Waals surface area contributed by atoms with Gasteiger partial charge in [0.25, 0.3) is 0 Å². The van der Waals surface area contributed by atoms with Gasteiger partial charge in [-0.1, -0.05) is 6.07 Å². The third-order valence-corrected chi connectivity index (χ3v) is 2.98. The van der Waals surface area contributed by atoms with Crippen LogP contribution in [0.4, 0.5) is 0 Å². The van der Waals surface area contributed by atoms with E-state index in [0.717, 1.165) is 22.4 Å². The summed E-state index contributed by atoms with van der Waals surface area (Å²) in [6.45, 7) is 4.58. The minimum absolute atomic E-state index is 0.0591. The lowest BCUT2D eigenvalue weighted by Gasteiger charge is -2.12. The molecular formula is C12H17NO2S. The summed E-state index contributed by atoms with van der Waals surface area (Å²) in [6.07, 6.45) is 0. The van der Waals surface area contributed by atoms with Gasteiger partial charge < -0.3 is 10.1 Å². The number of carbonyl (C=O) groups excluding carboxylic acids is 1. The van der Waals surface area contributed by atoms with E-state index >= 15 is 0 Å². The minimum atomic E-state index is -0.0591. The largest absolute Gasteiger partial charge is 0.496 e. The van der Waals surface area contributed by atoms with Crippen LogP contribution in [-0.4, -0.2) is 18.8 Å². The molecule has 88 valence electrons. The molecule has 0 spiro atoms. The Morgan fingerprint density at radius 1 is 1.38 bits per heavy atom. The molecule has 16 heavy (non-hydrogen) atoms. The van der Waals surface area contributed by atoms with Crippen molar-refractivity contribution in [2.45, 2.75) is 20.4 Å². The van der Waals surface area contributed by atoms with Crippen molar-refractivity contribution in [1.29, 1.82) is 0 Å². The normalized spacial score (nSPS) is 10.0. The second kappa shape index (κ2) is 5.80. The molecule has 1 rings (SSSR count). The molecule has 0 aliphatic rings. The molecule has 1 N–H and O–H groups in total. The number of rotatable bonds is 4. The van der Waals surface area contributed by atoms with Crippen molar-refractivity contribution in [3.05, 3.63) is 28.8 Å². The van der Waals surface area contributed by atoms with E-state index in [1.807, 2.05) is 26.0 Å². The molecule has 0 aliphatic carbocycles. The molecular weight excluding hydrogens is 222 g/mol. The fourth-order valence-corrected chi connectivity index (χ4v) is 1.63. The number of methoxy groups -OCH3 is 1. The monoisotopic (exact) mass is 239 g/mol. The number of benzene rings is 1. The van der Waals surface area contributed by atoms with Gasteiger partial charge in [-0.3, -0.25) is 4.79 Å². The van der Waals surface area contributed by atoms with Gasteiger partial charge in [-0.15, -0.1) is 0 Å². The van der Waals surface area contributed by atoms with Crippen LogP contribution in [0, 0.1) is 13.8 Å². The second-order valence-electron chi connectivity index (χ2n) is 3.61. The van der Waals surface area contributed by atoms with Crippen molar-refractivity contribution < 1.29 is 9.53 Å². The number of nitrogens with one attached hydrogen (secondary N) is 1. The smallest absolute Gasteiger partial charge is 0.229 e. The lowest BCUT2D eigenvalue weighted by molar-refractivity contribution is -0.118. The molecule has 0 bridgehead atoms. The van der Waals surface area contributed by atoms with Crippen molar-refractivity contribution in [3.8, 4) is 5.75 Å². The van der Waals surface area contributed by atoms with Crippen LogP contribution < -0.4 is 10.1 Å². The summed E-state index contributed by atoms with van der Waals surface area (Å²) < 4.78 is 5.23. The molecule has 0 saturated heterocycles. The van der Waals surface area contributed by atoms with Crippen molar-refractivity contribution in [2.75, 3.05) is 12.9 Å². The first-order valence-electron chi connectivity index (χ1n) is 5.10. The topological polar surface area (TPSA) is 38.3 Å². The van der Waals surface area contributed by atoms with Crippen LogP contribution in [0.2, 0.25) is 0 Å². The molecule has 0 saturated carbocycles. The standard InChI is InChI=1S/C12H17NO2S/c1-8-9(2)11(15-3)5-4-10(8)6-13-12(14)7-16/h4-5,16H,6-7H2,1-3H3,(H,13,14). The maximum atomic E-state index is 11.1. The van der Waals surface area contributed by atoms with E-state index in [2.05, 4.69) is 17.9 Å². The molecule has 1 aromatic carbocycles. The van der Waals surface area contributed by atoms with E-state index in [1.165, 1.54) is 0 Å². The third-order valence-electron chi connectivity index (χ3n) is 2.69. The fraction of sp³-hybridized carbons (Fsp3) is 0.417. The molecule has 0 radical (unpaired) electrons. The number of carbonyl (C=O) groups is 1. The summed E-state index contributed by atoms with van der Waals surface area (Å²) >= 11 is 3.91. The molecule has 0 unspecified atom stereocenters. The predicted octanol–water partition coefficient (Wildman–Crippen LogP) is 1.86. The van der Waals surface area contributed by atoms with Gasteiger partial charge >= 0.3 is 0 Å². The average molecular weight is 239 g/mol. The highest BCUT2D eigenvalue weighted by molar-refractivity contribution is 7.81. The van der Waals surface area contributed by atoms with Gasteiger partial charge in [0.05, 0.1) is 12.9 Å². The zero-order valence-corrected chi connectivity index (χ0v) is 10.7. The van der Waals surface area contributed by atoms with Crippen molar-refractivity contribution >= 4 is 18.5 Å². The number of amides is 1. The minimum Gasteiger partial charge on any atom is -0.496 e. The number of thiol groups is 1. The van der Waals surface area contributed by atoms with Gasteiger partial charge in [-0.05, 0) is 36.6 Å². The summed E-state index contributed by atoms with van der Waals surface area (Å²) in [6, 6.07) is 3.89. The van der Waals surface area contributed by atoms with E-state index in [4.69, 9.17) is 4.74 Å². The highest BCUT2D eigenvalue weighted by atomic mass is 32.1.